The standard InChI is InChI=1S/C19H26N2/c1-4-20-13-18-6-5-7-19(12-18)15-21(3)14-17-10-8-16(2)9-11-17/h5-12,20H,4,13-15H2,1-3H3. The predicted octanol–water partition coefficient (Wildman–Crippen LogP) is 3.74. The van der Waals surface area contributed by atoms with E-state index in [0.29, 0.717) is 0 Å². The van der Waals surface area contributed by atoms with Gasteiger partial charge in [-0.2, -0.15) is 0 Å². The first-order valence-electron chi connectivity index (χ1n) is 7.70. The third kappa shape index (κ3) is 5.33. The Balaban J connectivity index is 1.92. The lowest BCUT2D eigenvalue weighted by Gasteiger charge is -2.17. The lowest BCUT2D eigenvalue weighted by molar-refractivity contribution is 0.319. The highest BCUT2D eigenvalue weighted by atomic mass is 15.1. The Morgan fingerprint density at radius 3 is 2.29 bits per heavy atom. The number of hydrogen-bond donors (Lipinski definition) is 1. The highest BCUT2D eigenvalue weighted by molar-refractivity contribution is 5.24. The smallest absolute Gasteiger partial charge is 0.0234 e. The monoisotopic (exact) mass is 282 g/mol. The van der Waals surface area contributed by atoms with E-state index in [1.807, 2.05) is 0 Å². The molecule has 2 nitrogen and oxygen atoms in total. The largest absolute Gasteiger partial charge is 0.313 e. The highest BCUT2D eigenvalue weighted by Crippen LogP contribution is 2.11. The molecule has 21 heavy (non-hydrogen) atoms. The third-order valence-corrected chi connectivity index (χ3v) is 3.60. The molecule has 2 heteroatoms. The van der Waals surface area contributed by atoms with Gasteiger partial charge >= 0.3 is 0 Å². The molecular formula is C19H26N2. The second kappa shape index (κ2) is 7.96. The van der Waals surface area contributed by atoms with Crippen LogP contribution in [-0.4, -0.2) is 18.5 Å². The van der Waals surface area contributed by atoms with Crippen LogP contribution in [0, 0.1) is 6.92 Å². The first-order chi connectivity index (χ1) is 10.2. The molecule has 2 aromatic rings. The predicted molar refractivity (Wildman–Crippen MR) is 90.2 cm³/mol. The van der Waals surface area contributed by atoms with E-state index in [0.717, 1.165) is 26.2 Å². The van der Waals surface area contributed by atoms with Crippen molar-refractivity contribution in [3.05, 3.63) is 70.8 Å². The molecule has 0 amide bonds. The van der Waals surface area contributed by atoms with Crippen molar-refractivity contribution in [2.75, 3.05) is 13.6 Å². The molecule has 2 aromatic carbocycles. The summed E-state index contributed by atoms with van der Waals surface area (Å²) in [4.78, 5) is 2.36. The second-order valence-electron chi connectivity index (χ2n) is 5.76. The molecule has 2 rings (SSSR count). The quantitative estimate of drug-likeness (QED) is 0.832. The molecule has 1 N–H and O–H groups in total. The summed E-state index contributed by atoms with van der Waals surface area (Å²) >= 11 is 0. The fourth-order valence-electron chi connectivity index (χ4n) is 2.48. The Morgan fingerprint density at radius 2 is 1.57 bits per heavy atom. The summed E-state index contributed by atoms with van der Waals surface area (Å²) in [7, 11) is 2.18. The van der Waals surface area contributed by atoms with Gasteiger partial charge in [0, 0.05) is 19.6 Å². The molecule has 0 aliphatic rings. The number of aryl methyl sites for hydroxylation is 1. The number of nitrogens with one attached hydrogen (secondary N) is 1. The Labute approximate surface area is 128 Å². The van der Waals surface area contributed by atoms with Crippen LogP contribution in [0.4, 0.5) is 0 Å². The number of hydrogen-bond acceptors (Lipinski definition) is 2. The molecule has 0 spiro atoms. The zero-order valence-electron chi connectivity index (χ0n) is 13.4. The SMILES string of the molecule is CCNCc1cccc(CN(C)Cc2ccc(C)cc2)c1. The first-order valence-corrected chi connectivity index (χ1v) is 7.70. The van der Waals surface area contributed by atoms with Crippen molar-refractivity contribution in [3.8, 4) is 0 Å². The molecule has 0 radical (unpaired) electrons. The third-order valence-electron chi connectivity index (χ3n) is 3.60. The van der Waals surface area contributed by atoms with Crippen molar-refractivity contribution in [2.24, 2.45) is 0 Å². The average molecular weight is 282 g/mol. The number of rotatable bonds is 7. The minimum atomic E-state index is 0.950. The van der Waals surface area contributed by atoms with Crippen molar-refractivity contribution in [1.82, 2.24) is 10.2 Å². The maximum atomic E-state index is 3.38. The van der Waals surface area contributed by atoms with Gasteiger partial charge in [-0.3, -0.25) is 4.90 Å². The normalized spacial score (nSPS) is 11.0. The Bertz CT molecular complexity index is 546. The molecule has 0 aliphatic carbocycles. The van der Waals surface area contributed by atoms with Crippen LogP contribution in [0.1, 0.15) is 29.2 Å². The molecule has 112 valence electrons. The van der Waals surface area contributed by atoms with Crippen LogP contribution in [0.15, 0.2) is 48.5 Å². The molecule has 0 unspecified atom stereocenters. The summed E-state index contributed by atoms with van der Waals surface area (Å²) in [6.07, 6.45) is 0. The summed E-state index contributed by atoms with van der Waals surface area (Å²) in [6, 6.07) is 17.6. The maximum Gasteiger partial charge on any atom is 0.0234 e. The van der Waals surface area contributed by atoms with Crippen LogP contribution in [0.2, 0.25) is 0 Å². The van der Waals surface area contributed by atoms with Crippen molar-refractivity contribution < 1.29 is 0 Å². The van der Waals surface area contributed by atoms with Crippen LogP contribution in [-0.2, 0) is 19.6 Å². The first kappa shape index (κ1) is 15.7. The summed E-state index contributed by atoms with van der Waals surface area (Å²) in [5.41, 5.74) is 5.42. The van der Waals surface area contributed by atoms with Crippen LogP contribution < -0.4 is 5.32 Å². The van der Waals surface area contributed by atoms with Gasteiger partial charge in [-0.15, -0.1) is 0 Å². The van der Waals surface area contributed by atoms with E-state index in [9.17, 15) is 0 Å². The molecule has 0 aliphatic heterocycles. The van der Waals surface area contributed by atoms with Crippen LogP contribution in [0.5, 0.6) is 0 Å². The zero-order valence-corrected chi connectivity index (χ0v) is 13.4. The van der Waals surface area contributed by atoms with Gasteiger partial charge < -0.3 is 5.32 Å². The van der Waals surface area contributed by atoms with Gasteiger partial charge in [0.15, 0.2) is 0 Å². The van der Waals surface area contributed by atoms with Crippen LogP contribution >= 0.6 is 0 Å². The number of nitrogens with zero attached hydrogens (tertiary/aromatic N) is 1. The van der Waals surface area contributed by atoms with Crippen LogP contribution in [0.3, 0.4) is 0 Å². The molecule has 0 saturated carbocycles. The molecular weight excluding hydrogens is 256 g/mol. The topological polar surface area (TPSA) is 15.3 Å². The van der Waals surface area contributed by atoms with Gasteiger partial charge in [0.2, 0.25) is 0 Å². The van der Waals surface area contributed by atoms with E-state index in [-0.39, 0.29) is 0 Å². The highest BCUT2D eigenvalue weighted by Gasteiger charge is 2.03. The van der Waals surface area contributed by atoms with E-state index >= 15 is 0 Å². The lowest BCUT2D eigenvalue weighted by Crippen LogP contribution is -2.17. The van der Waals surface area contributed by atoms with Crippen LogP contribution in [0.25, 0.3) is 0 Å². The Kier molecular flexibility index (Phi) is 5.97. The van der Waals surface area contributed by atoms with E-state index < -0.39 is 0 Å². The zero-order chi connectivity index (χ0) is 15.1. The Hall–Kier alpha value is -1.64. The van der Waals surface area contributed by atoms with E-state index in [1.54, 1.807) is 0 Å². The molecule has 0 heterocycles. The van der Waals surface area contributed by atoms with Gasteiger partial charge in [0.1, 0.15) is 0 Å². The van der Waals surface area contributed by atoms with Crippen molar-refractivity contribution >= 4 is 0 Å². The summed E-state index contributed by atoms with van der Waals surface area (Å²) < 4.78 is 0. The fourth-order valence-corrected chi connectivity index (χ4v) is 2.48. The molecule has 0 aromatic heterocycles. The summed E-state index contributed by atoms with van der Waals surface area (Å²) in [5.74, 6) is 0. The van der Waals surface area contributed by atoms with E-state index in [4.69, 9.17) is 0 Å². The van der Waals surface area contributed by atoms with Gasteiger partial charge in [-0.05, 0) is 37.2 Å². The summed E-state index contributed by atoms with van der Waals surface area (Å²) in [5, 5.41) is 3.38. The van der Waals surface area contributed by atoms with E-state index in [1.165, 1.54) is 22.3 Å². The molecule has 0 atom stereocenters. The van der Waals surface area contributed by atoms with Crippen molar-refractivity contribution in [1.29, 1.82) is 0 Å². The minimum absolute atomic E-state index is 0.950. The number of benzene rings is 2. The van der Waals surface area contributed by atoms with Gasteiger partial charge in [-0.1, -0.05) is 61.0 Å². The van der Waals surface area contributed by atoms with Crippen molar-refractivity contribution in [3.63, 3.8) is 0 Å². The fraction of sp³-hybridized carbons (Fsp3) is 0.368. The second-order valence-corrected chi connectivity index (χ2v) is 5.76. The summed E-state index contributed by atoms with van der Waals surface area (Å²) in [6.45, 7) is 8.19. The average Bonchev–Trinajstić information content (AvgIpc) is 2.48. The molecule has 0 fully saturated rings. The van der Waals surface area contributed by atoms with Gasteiger partial charge in [0.25, 0.3) is 0 Å². The molecule has 0 bridgehead atoms. The molecule has 0 saturated heterocycles. The van der Waals surface area contributed by atoms with Gasteiger partial charge in [-0.25, -0.2) is 0 Å². The maximum absolute atomic E-state index is 3.38. The minimum Gasteiger partial charge on any atom is -0.313 e. The van der Waals surface area contributed by atoms with E-state index in [2.05, 4.69) is 79.6 Å². The van der Waals surface area contributed by atoms with Gasteiger partial charge in [0.05, 0.1) is 0 Å². The van der Waals surface area contributed by atoms with Crippen molar-refractivity contribution in [2.45, 2.75) is 33.5 Å². The lowest BCUT2D eigenvalue weighted by atomic mass is 10.1. The Morgan fingerprint density at radius 1 is 0.905 bits per heavy atom.